The Balaban J connectivity index is 2.19. The van der Waals surface area contributed by atoms with Gasteiger partial charge in [-0.2, -0.15) is 0 Å². The first-order chi connectivity index (χ1) is 11.9. The van der Waals surface area contributed by atoms with Gasteiger partial charge in [0, 0.05) is 17.3 Å². The van der Waals surface area contributed by atoms with Gasteiger partial charge in [-0.05, 0) is 24.1 Å². The van der Waals surface area contributed by atoms with E-state index in [4.69, 9.17) is 0 Å². The standard InChI is InChI=1S/C18H15F2NO4/c1-2-13(18(24)25)21-14-6-4-3-5-9(14)16(17(21)23)10-7-11(19)12(20)8-15(10)22/h3-8,13,16,22H,2H2,1H3,(H,24,25). The average molecular weight is 347 g/mol. The highest BCUT2D eigenvalue weighted by Crippen LogP contribution is 2.45. The first-order valence-corrected chi connectivity index (χ1v) is 7.69. The molecule has 5 nitrogen and oxygen atoms in total. The lowest BCUT2D eigenvalue weighted by molar-refractivity contribution is -0.140. The summed E-state index contributed by atoms with van der Waals surface area (Å²) in [5.74, 6) is -5.84. The molecule has 7 heteroatoms. The summed E-state index contributed by atoms with van der Waals surface area (Å²) >= 11 is 0. The number of aliphatic carboxylic acids is 1. The number of carbonyl (C=O) groups excluding carboxylic acids is 1. The summed E-state index contributed by atoms with van der Waals surface area (Å²) in [7, 11) is 0. The molecular weight excluding hydrogens is 332 g/mol. The molecule has 0 bridgehead atoms. The number of carboxylic acids is 1. The molecule has 0 aromatic heterocycles. The van der Waals surface area contributed by atoms with Crippen LogP contribution in [0.3, 0.4) is 0 Å². The molecule has 25 heavy (non-hydrogen) atoms. The molecule has 0 saturated heterocycles. The predicted octanol–water partition coefficient (Wildman–Crippen LogP) is 3.01. The number of carboxylic acid groups (broad SMARTS) is 1. The number of anilines is 1. The van der Waals surface area contributed by atoms with Crippen LogP contribution in [0.4, 0.5) is 14.5 Å². The molecule has 0 fully saturated rings. The van der Waals surface area contributed by atoms with Crippen LogP contribution in [-0.4, -0.2) is 28.1 Å². The van der Waals surface area contributed by atoms with Crippen molar-refractivity contribution < 1.29 is 28.6 Å². The number of phenols is 1. The SMILES string of the molecule is CCC(C(=O)O)N1C(=O)C(c2cc(F)c(F)cc2O)c2ccccc21. The lowest BCUT2D eigenvalue weighted by Crippen LogP contribution is -2.43. The summed E-state index contributed by atoms with van der Waals surface area (Å²) in [5.41, 5.74) is 0.725. The second kappa shape index (κ2) is 6.16. The monoisotopic (exact) mass is 347 g/mol. The molecule has 0 radical (unpaired) electrons. The molecule has 0 spiro atoms. The van der Waals surface area contributed by atoms with E-state index >= 15 is 0 Å². The third-order valence-electron chi connectivity index (χ3n) is 4.36. The van der Waals surface area contributed by atoms with Crippen LogP contribution in [0, 0.1) is 11.6 Å². The molecule has 1 amide bonds. The molecular formula is C18H15F2NO4. The minimum absolute atomic E-state index is 0.0981. The third-order valence-corrected chi connectivity index (χ3v) is 4.36. The fourth-order valence-corrected chi connectivity index (χ4v) is 3.21. The van der Waals surface area contributed by atoms with Crippen LogP contribution in [0.25, 0.3) is 0 Å². The molecule has 1 aliphatic rings. The Kier molecular flexibility index (Phi) is 4.16. The van der Waals surface area contributed by atoms with Crippen molar-refractivity contribution >= 4 is 17.6 Å². The van der Waals surface area contributed by atoms with Crippen molar-refractivity contribution in [2.75, 3.05) is 4.90 Å². The van der Waals surface area contributed by atoms with Gasteiger partial charge in [-0.3, -0.25) is 9.69 Å². The van der Waals surface area contributed by atoms with Gasteiger partial charge in [0.2, 0.25) is 5.91 Å². The zero-order valence-electron chi connectivity index (χ0n) is 13.2. The Bertz CT molecular complexity index is 868. The maximum atomic E-state index is 13.7. The molecule has 0 saturated carbocycles. The van der Waals surface area contributed by atoms with Crippen molar-refractivity contribution in [2.45, 2.75) is 25.3 Å². The Morgan fingerprint density at radius 2 is 1.84 bits per heavy atom. The molecule has 3 rings (SSSR count). The van der Waals surface area contributed by atoms with Gasteiger partial charge >= 0.3 is 5.97 Å². The van der Waals surface area contributed by atoms with Gasteiger partial charge in [0.25, 0.3) is 0 Å². The number of carbonyl (C=O) groups is 2. The molecule has 2 atom stereocenters. The number of aromatic hydroxyl groups is 1. The van der Waals surface area contributed by atoms with Gasteiger partial charge < -0.3 is 10.2 Å². The molecule has 1 aliphatic heterocycles. The summed E-state index contributed by atoms with van der Waals surface area (Å²) in [5, 5.41) is 19.4. The van der Waals surface area contributed by atoms with Crippen molar-refractivity contribution in [1.29, 1.82) is 0 Å². The largest absolute Gasteiger partial charge is 0.508 e. The smallest absolute Gasteiger partial charge is 0.326 e. The molecule has 2 aromatic carbocycles. The van der Waals surface area contributed by atoms with Gasteiger partial charge in [-0.25, -0.2) is 13.6 Å². The second-order valence-electron chi connectivity index (χ2n) is 5.79. The van der Waals surface area contributed by atoms with Crippen LogP contribution in [0.15, 0.2) is 36.4 Å². The first kappa shape index (κ1) is 16.9. The van der Waals surface area contributed by atoms with Crippen molar-refractivity contribution in [3.8, 4) is 5.75 Å². The zero-order chi connectivity index (χ0) is 18.3. The van der Waals surface area contributed by atoms with Crippen LogP contribution in [-0.2, 0) is 9.59 Å². The van der Waals surface area contributed by atoms with E-state index in [1.807, 2.05) is 0 Å². The van der Waals surface area contributed by atoms with E-state index in [1.165, 1.54) is 0 Å². The summed E-state index contributed by atoms with van der Waals surface area (Å²) in [6.45, 7) is 1.64. The maximum Gasteiger partial charge on any atom is 0.326 e. The van der Waals surface area contributed by atoms with E-state index in [0.717, 1.165) is 11.0 Å². The normalized spacial score (nSPS) is 17.5. The summed E-state index contributed by atoms with van der Waals surface area (Å²) in [4.78, 5) is 25.6. The van der Waals surface area contributed by atoms with Gasteiger partial charge in [0.15, 0.2) is 11.6 Å². The number of para-hydroxylation sites is 1. The van der Waals surface area contributed by atoms with Crippen LogP contribution in [0.1, 0.15) is 30.4 Å². The van der Waals surface area contributed by atoms with Crippen LogP contribution in [0.2, 0.25) is 0 Å². The Morgan fingerprint density at radius 3 is 2.48 bits per heavy atom. The topological polar surface area (TPSA) is 77.8 Å². The van der Waals surface area contributed by atoms with Crippen LogP contribution in [0.5, 0.6) is 5.75 Å². The van der Waals surface area contributed by atoms with Crippen molar-refractivity contribution in [1.82, 2.24) is 0 Å². The van der Waals surface area contributed by atoms with E-state index in [9.17, 15) is 28.6 Å². The molecule has 1 heterocycles. The second-order valence-corrected chi connectivity index (χ2v) is 5.79. The summed E-state index contributed by atoms with van der Waals surface area (Å²) < 4.78 is 27.0. The van der Waals surface area contributed by atoms with Crippen molar-refractivity contribution in [3.63, 3.8) is 0 Å². The van der Waals surface area contributed by atoms with E-state index < -0.39 is 41.2 Å². The highest BCUT2D eigenvalue weighted by molar-refractivity contribution is 6.10. The molecule has 130 valence electrons. The number of amides is 1. The molecule has 2 aromatic rings. The lowest BCUT2D eigenvalue weighted by Gasteiger charge is -2.24. The lowest BCUT2D eigenvalue weighted by atomic mass is 9.91. The minimum Gasteiger partial charge on any atom is -0.508 e. The summed E-state index contributed by atoms with van der Waals surface area (Å²) in [6.07, 6.45) is 0.173. The highest BCUT2D eigenvalue weighted by atomic mass is 19.2. The van der Waals surface area contributed by atoms with E-state index in [0.29, 0.717) is 17.3 Å². The van der Waals surface area contributed by atoms with Gasteiger partial charge in [0.05, 0.1) is 5.92 Å². The van der Waals surface area contributed by atoms with Crippen LogP contribution >= 0.6 is 0 Å². The first-order valence-electron chi connectivity index (χ1n) is 7.69. The van der Waals surface area contributed by atoms with Gasteiger partial charge in [0.1, 0.15) is 11.8 Å². The Hall–Kier alpha value is -2.96. The number of phenolic OH excluding ortho intramolecular Hbond substituents is 1. The molecule has 0 aliphatic carbocycles. The van der Waals surface area contributed by atoms with E-state index in [1.54, 1.807) is 31.2 Å². The maximum absolute atomic E-state index is 13.7. The fourth-order valence-electron chi connectivity index (χ4n) is 3.21. The zero-order valence-corrected chi connectivity index (χ0v) is 13.2. The number of rotatable bonds is 4. The number of halogens is 2. The fraction of sp³-hybridized carbons (Fsp3) is 0.222. The van der Waals surface area contributed by atoms with Crippen LogP contribution < -0.4 is 4.90 Å². The Labute approximate surface area is 142 Å². The average Bonchev–Trinajstić information content (AvgIpc) is 2.84. The Morgan fingerprint density at radius 1 is 1.20 bits per heavy atom. The number of nitrogens with zero attached hydrogens (tertiary/aromatic N) is 1. The summed E-state index contributed by atoms with van der Waals surface area (Å²) in [6, 6.07) is 6.80. The van der Waals surface area contributed by atoms with E-state index in [2.05, 4.69) is 0 Å². The molecule has 2 N–H and O–H groups in total. The highest BCUT2D eigenvalue weighted by Gasteiger charge is 2.44. The molecule has 2 unspecified atom stereocenters. The number of fused-ring (bicyclic) bond motifs is 1. The number of hydrogen-bond donors (Lipinski definition) is 2. The minimum atomic E-state index is -1.23. The van der Waals surface area contributed by atoms with Crippen molar-refractivity contribution in [3.05, 3.63) is 59.2 Å². The number of hydrogen-bond acceptors (Lipinski definition) is 3. The van der Waals surface area contributed by atoms with Gasteiger partial charge in [-0.15, -0.1) is 0 Å². The number of benzene rings is 2. The third kappa shape index (κ3) is 2.61. The predicted molar refractivity (Wildman–Crippen MR) is 85.5 cm³/mol. The van der Waals surface area contributed by atoms with E-state index in [-0.39, 0.29) is 12.0 Å². The van der Waals surface area contributed by atoms with Crippen molar-refractivity contribution in [2.24, 2.45) is 0 Å². The quantitative estimate of drug-likeness (QED) is 0.891. The van der Waals surface area contributed by atoms with Gasteiger partial charge in [-0.1, -0.05) is 25.1 Å².